The van der Waals surface area contributed by atoms with Gasteiger partial charge < -0.3 is 9.84 Å². The minimum Gasteiger partial charge on any atom is -0.478 e. The molecule has 8 heteroatoms. The number of sulfone groups is 1. The third kappa shape index (κ3) is 4.57. The third-order valence-corrected chi connectivity index (χ3v) is 5.60. The molecule has 0 aliphatic carbocycles. The summed E-state index contributed by atoms with van der Waals surface area (Å²) in [4.78, 5) is 10.8. The van der Waals surface area contributed by atoms with Crippen molar-refractivity contribution in [3.8, 4) is 0 Å². The number of benzene rings is 1. The van der Waals surface area contributed by atoms with Crippen molar-refractivity contribution in [1.29, 1.82) is 0 Å². The van der Waals surface area contributed by atoms with Crippen LogP contribution in [0.4, 0.5) is 0 Å². The Labute approximate surface area is 133 Å². The molecule has 0 fully saturated rings. The summed E-state index contributed by atoms with van der Waals surface area (Å²) in [5.41, 5.74) is -0.910. The molecule has 0 heterocycles. The van der Waals surface area contributed by atoms with Crippen LogP contribution < -0.4 is 0 Å². The Bertz CT molecular complexity index is 653. The molecule has 1 aromatic carbocycles. The lowest BCUT2D eigenvalue weighted by Gasteiger charge is -2.22. The van der Waals surface area contributed by atoms with Gasteiger partial charge in [-0.05, 0) is 32.4 Å². The third-order valence-electron chi connectivity index (χ3n) is 3.11. The van der Waals surface area contributed by atoms with Gasteiger partial charge in [-0.1, -0.05) is 23.2 Å². The van der Waals surface area contributed by atoms with E-state index in [2.05, 4.69) is 0 Å². The number of methoxy groups -OCH3 is 1. The van der Waals surface area contributed by atoms with Crippen molar-refractivity contribution >= 4 is 39.0 Å². The Morgan fingerprint density at radius 2 is 1.86 bits per heavy atom. The highest BCUT2D eigenvalue weighted by molar-refractivity contribution is 7.91. The van der Waals surface area contributed by atoms with Crippen LogP contribution in [-0.2, 0) is 14.6 Å². The first kappa shape index (κ1) is 18.2. The number of halogens is 2. The average Bonchev–Trinajstić information content (AvgIpc) is 2.36. The summed E-state index contributed by atoms with van der Waals surface area (Å²) < 4.78 is 29.8. The molecule has 118 valence electrons. The normalized spacial score (nSPS) is 12.4. The Hall–Kier alpha value is -0.820. The monoisotopic (exact) mass is 354 g/mol. The summed E-state index contributed by atoms with van der Waals surface area (Å²) in [7, 11) is -2.25. The number of carbonyl (C=O) groups is 1. The van der Waals surface area contributed by atoms with Gasteiger partial charge in [-0.15, -0.1) is 0 Å². The van der Waals surface area contributed by atoms with E-state index in [4.69, 9.17) is 33.0 Å². The summed E-state index contributed by atoms with van der Waals surface area (Å²) >= 11 is 11.6. The highest BCUT2D eigenvalue weighted by Gasteiger charge is 2.26. The van der Waals surface area contributed by atoms with E-state index in [-0.39, 0.29) is 32.7 Å². The second kappa shape index (κ2) is 6.52. The summed E-state index contributed by atoms with van der Waals surface area (Å²) in [6, 6.07) is 2.11. The van der Waals surface area contributed by atoms with Crippen molar-refractivity contribution in [2.45, 2.75) is 30.8 Å². The highest BCUT2D eigenvalue weighted by Crippen LogP contribution is 2.30. The molecule has 21 heavy (non-hydrogen) atoms. The van der Waals surface area contributed by atoms with Gasteiger partial charge in [-0.3, -0.25) is 0 Å². The standard InChI is InChI=1S/C13H16Cl2O5S/c1-13(2,20-3)4-5-21(18,19)11-6-8(12(16)17)9(14)7-10(11)15/h6-7H,4-5H2,1-3H3,(H,16,17). The van der Waals surface area contributed by atoms with E-state index in [0.29, 0.717) is 0 Å². The predicted molar refractivity (Wildman–Crippen MR) is 81.2 cm³/mol. The number of aromatic carboxylic acids is 1. The van der Waals surface area contributed by atoms with Gasteiger partial charge in [0, 0.05) is 7.11 Å². The molecule has 0 atom stereocenters. The van der Waals surface area contributed by atoms with Gasteiger partial charge in [-0.2, -0.15) is 0 Å². The molecule has 1 N–H and O–H groups in total. The van der Waals surface area contributed by atoms with Crippen LogP contribution in [0.5, 0.6) is 0 Å². The van der Waals surface area contributed by atoms with Crippen molar-refractivity contribution < 1.29 is 23.1 Å². The molecule has 0 bridgehead atoms. The van der Waals surface area contributed by atoms with E-state index >= 15 is 0 Å². The number of carboxylic acid groups (broad SMARTS) is 1. The van der Waals surface area contributed by atoms with Crippen LogP contribution in [0.2, 0.25) is 10.0 Å². The summed E-state index contributed by atoms with van der Waals surface area (Å²) in [5.74, 6) is -1.53. The average molecular weight is 355 g/mol. The Kier molecular flexibility index (Phi) is 5.66. The highest BCUT2D eigenvalue weighted by atomic mass is 35.5. The Morgan fingerprint density at radius 3 is 2.33 bits per heavy atom. The van der Waals surface area contributed by atoms with Crippen molar-refractivity contribution in [2.24, 2.45) is 0 Å². The summed E-state index contributed by atoms with van der Waals surface area (Å²) in [6.07, 6.45) is 0.243. The largest absolute Gasteiger partial charge is 0.478 e. The van der Waals surface area contributed by atoms with Crippen LogP contribution in [0.1, 0.15) is 30.6 Å². The maximum Gasteiger partial charge on any atom is 0.337 e. The molecular weight excluding hydrogens is 339 g/mol. The molecule has 5 nitrogen and oxygen atoms in total. The van der Waals surface area contributed by atoms with Crippen LogP contribution in [0.15, 0.2) is 17.0 Å². The van der Waals surface area contributed by atoms with Crippen molar-refractivity contribution in [2.75, 3.05) is 12.9 Å². The van der Waals surface area contributed by atoms with E-state index in [9.17, 15) is 13.2 Å². The van der Waals surface area contributed by atoms with E-state index in [1.807, 2.05) is 0 Å². The quantitative estimate of drug-likeness (QED) is 0.847. The molecule has 0 aliphatic heterocycles. The first-order valence-corrected chi connectivity index (χ1v) is 8.41. The van der Waals surface area contributed by atoms with E-state index in [1.54, 1.807) is 13.8 Å². The van der Waals surface area contributed by atoms with E-state index in [1.165, 1.54) is 7.11 Å². The molecule has 0 amide bonds. The number of rotatable bonds is 6. The van der Waals surface area contributed by atoms with Crippen molar-refractivity contribution in [1.82, 2.24) is 0 Å². The maximum absolute atomic E-state index is 12.3. The zero-order chi connectivity index (χ0) is 16.4. The second-order valence-electron chi connectivity index (χ2n) is 5.10. The topological polar surface area (TPSA) is 80.7 Å². The maximum atomic E-state index is 12.3. The van der Waals surface area contributed by atoms with Crippen LogP contribution in [-0.4, -0.2) is 38.0 Å². The Morgan fingerprint density at radius 1 is 1.29 bits per heavy atom. The van der Waals surface area contributed by atoms with Gasteiger partial charge >= 0.3 is 5.97 Å². The fourth-order valence-corrected chi connectivity index (χ4v) is 3.97. The van der Waals surface area contributed by atoms with E-state index < -0.39 is 21.4 Å². The molecule has 1 aromatic rings. The zero-order valence-electron chi connectivity index (χ0n) is 11.8. The molecule has 0 unspecified atom stereocenters. The number of hydrogen-bond donors (Lipinski definition) is 1. The van der Waals surface area contributed by atoms with Gasteiger partial charge in [0.2, 0.25) is 0 Å². The molecule has 0 aliphatic rings. The molecule has 0 aromatic heterocycles. The fraction of sp³-hybridized carbons (Fsp3) is 0.462. The van der Waals surface area contributed by atoms with E-state index in [0.717, 1.165) is 12.1 Å². The predicted octanol–water partition coefficient (Wildman–Crippen LogP) is 3.28. The molecule has 1 rings (SSSR count). The number of hydrogen-bond acceptors (Lipinski definition) is 4. The minimum absolute atomic E-state index is 0.0970. The lowest BCUT2D eigenvalue weighted by Crippen LogP contribution is -2.26. The smallest absolute Gasteiger partial charge is 0.337 e. The lowest BCUT2D eigenvalue weighted by molar-refractivity contribution is 0.0203. The van der Waals surface area contributed by atoms with Gasteiger partial charge in [0.25, 0.3) is 0 Å². The van der Waals surface area contributed by atoms with Gasteiger partial charge in [0.05, 0.1) is 31.9 Å². The van der Waals surface area contributed by atoms with Gasteiger partial charge in [0.15, 0.2) is 9.84 Å². The molecule has 0 saturated carbocycles. The Balaban J connectivity index is 3.20. The van der Waals surface area contributed by atoms with Crippen LogP contribution >= 0.6 is 23.2 Å². The van der Waals surface area contributed by atoms with Gasteiger partial charge in [0.1, 0.15) is 0 Å². The molecule has 0 radical (unpaired) electrons. The zero-order valence-corrected chi connectivity index (χ0v) is 14.1. The summed E-state index contributed by atoms with van der Waals surface area (Å²) in [6.45, 7) is 3.52. The van der Waals surface area contributed by atoms with Gasteiger partial charge in [-0.25, -0.2) is 13.2 Å². The molecule has 0 saturated heterocycles. The lowest BCUT2D eigenvalue weighted by atomic mass is 10.1. The van der Waals surface area contributed by atoms with Crippen molar-refractivity contribution in [3.63, 3.8) is 0 Å². The van der Waals surface area contributed by atoms with Crippen molar-refractivity contribution in [3.05, 3.63) is 27.7 Å². The SMILES string of the molecule is COC(C)(C)CCS(=O)(=O)c1cc(C(=O)O)c(Cl)cc1Cl. The fourth-order valence-electron chi connectivity index (χ4n) is 1.52. The number of ether oxygens (including phenoxy) is 1. The first-order valence-electron chi connectivity index (χ1n) is 6.00. The first-order chi connectivity index (χ1) is 9.50. The number of carboxylic acids is 1. The molecular formula is C13H16Cl2O5S. The summed E-state index contributed by atoms with van der Waals surface area (Å²) in [5, 5.41) is 8.80. The molecule has 0 spiro atoms. The van der Waals surface area contributed by atoms with Crippen LogP contribution in [0.25, 0.3) is 0 Å². The van der Waals surface area contributed by atoms with Crippen LogP contribution in [0.3, 0.4) is 0 Å². The minimum atomic E-state index is -3.74. The van der Waals surface area contributed by atoms with Crippen LogP contribution in [0, 0.1) is 0 Å². The second-order valence-corrected chi connectivity index (χ2v) is 7.99.